The maximum atomic E-state index is 14.1. The Kier molecular flexibility index (Phi) is 3.78. The summed E-state index contributed by atoms with van der Waals surface area (Å²) in [6.45, 7) is 12.4. The molecular weight excluding hydrogens is 281 g/mol. The molecule has 0 saturated carbocycles. The van der Waals surface area contributed by atoms with Gasteiger partial charge in [-0.1, -0.05) is 47.6 Å². The van der Waals surface area contributed by atoms with Gasteiger partial charge in [-0.15, -0.1) is 0 Å². The lowest BCUT2D eigenvalue weighted by Gasteiger charge is -2.42. The molecule has 0 spiro atoms. The zero-order valence-corrected chi connectivity index (χ0v) is 15.0. The first kappa shape index (κ1) is 16.2. The van der Waals surface area contributed by atoms with Crippen LogP contribution in [0.4, 0.5) is 0 Å². The maximum absolute atomic E-state index is 14.1. The van der Waals surface area contributed by atoms with E-state index in [2.05, 4.69) is 41.5 Å². The lowest BCUT2D eigenvalue weighted by Crippen LogP contribution is -2.32. The summed E-state index contributed by atoms with van der Waals surface area (Å²) in [6.07, 6.45) is 1.95. The standard InChI is InChI=1S/C17H26NO2P/c1-16(2,3)21(19,17(4,5)6)18-12-11-13-14(18)9-8-10-15(13)20-7/h8-12H,1-7H3. The van der Waals surface area contributed by atoms with Crippen LogP contribution in [0.5, 0.6) is 5.75 Å². The summed E-state index contributed by atoms with van der Waals surface area (Å²) in [6, 6.07) is 7.90. The van der Waals surface area contributed by atoms with Crippen molar-refractivity contribution >= 4 is 18.2 Å². The molecule has 0 atom stereocenters. The van der Waals surface area contributed by atoms with Crippen molar-refractivity contribution in [2.24, 2.45) is 0 Å². The second kappa shape index (κ2) is 4.91. The monoisotopic (exact) mass is 307 g/mol. The van der Waals surface area contributed by atoms with Gasteiger partial charge in [-0.25, -0.2) is 0 Å². The normalized spacial score (nSPS) is 13.7. The van der Waals surface area contributed by atoms with Gasteiger partial charge in [0.2, 0.25) is 0 Å². The topological polar surface area (TPSA) is 31.2 Å². The van der Waals surface area contributed by atoms with Gasteiger partial charge in [0, 0.05) is 21.9 Å². The van der Waals surface area contributed by atoms with Crippen LogP contribution in [0.1, 0.15) is 41.5 Å². The number of fused-ring (bicyclic) bond motifs is 1. The zero-order chi connectivity index (χ0) is 16.1. The maximum Gasteiger partial charge on any atom is 0.186 e. The van der Waals surface area contributed by atoms with Gasteiger partial charge < -0.3 is 4.74 Å². The Labute approximate surface area is 127 Å². The molecule has 0 radical (unpaired) electrons. The molecule has 0 amide bonds. The first-order chi connectivity index (χ1) is 9.54. The van der Waals surface area contributed by atoms with Gasteiger partial charge in [-0.3, -0.25) is 8.90 Å². The van der Waals surface area contributed by atoms with Crippen LogP contribution in [0, 0.1) is 0 Å². The molecule has 3 nitrogen and oxygen atoms in total. The molecule has 2 rings (SSSR count). The van der Waals surface area contributed by atoms with Gasteiger partial charge >= 0.3 is 0 Å². The number of rotatable bonds is 2. The molecule has 0 aliphatic carbocycles. The molecule has 1 heterocycles. The highest BCUT2D eigenvalue weighted by Crippen LogP contribution is 2.68. The number of hydrogen-bond acceptors (Lipinski definition) is 2. The first-order valence-corrected chi connectivity index (χ1v) is 8.95. The Morgan fingerprint density at radius 3 is 2.05 bits per heavy atom. The molecule has 21 heavy (non-hydrogen) atoms. The minimum Gasteiger partial charge on any atom is -0.496 e. The Balaban J connectivity index is 2.84. The van der Waals surface area contributed by atoms with Crippen LogP contribution in [-0.2, 0) is 4.57 Å². The molecule has 0 aliphatic rings. The van der Waals surface area contributed by atoms with Gasteiger partial charge in [-0.05, 0) is 18.2 Å². The van der Waals surface area contributed by atoms with E-state index in [0.717, 1.165) is 16.7 Å². The van der Waals surface area contributed by atoms with Crippen LogP contribution >= 0.6 is 7.29 Å². The predicted molar refractivity (Wildman–Crippen MR) is 91.0 cm³/mol. The Morgan fingerprint density at radius 1 is 1.00 bits per heavy atom. The largest absolute Gasteiger partial charge is 0.496 e. The molecule has 0 N–H and O–H groups in total. The smallest absolute Gasteiger partial charge is 0.186 e. The highest BCUT2D eigenvalue weighted by Gasteiger charge is 2.48. The molecule has 0 saturated heterocycles. The van der Waals surface area contributed by atoms with E-state index >= 15 is 0 Å². The van der Waals surface area contributed by atoms with Crippen LogP contribution in [0.2, 0.25) is 0 Å². The lowest BCUT2D eigenvalue weighted by molar-refractivity contribution is 0.420. The number of benzene rings is 1. The van der Waals surface area contributed by atoms with Crippen molar-refractivity contribution in [3.63, 3.8) is 0 Å². The van der Waals surface area contributed by atoms with Crippen molar-refractivity contribution in [3.05, 3.63) is 30.5 Å². The fourth-order valence-electron chi connectivity index (χ4n) is 3.20. The summed E-state index contributed by atoms with van der Waals surface area (Å²) < 4.78 is 21.5. The summed E-state index contributed by atoms with van der Waals surface area (Å²) >= 11 is 0. The number of hydrogen-bond donors (Lipinski definition) is 0. The fourth-order valence-corrected chi connectivity index (χ4v) is 7.24. The third-order valence-electron chi connectivity index (χ3n) is 4.01. The van der Waals surface area contributed by atoms with E-state index in [-0.39, 0.29) is 10.3 Å². The molecule has 0 fully saturated rings. The summed E-state index contributed by atoms with van der Waals surface area (Å²) in [4.78, 5) is 0. The molecule has 0 aliphatic heterocycles. The van der Waals surface area contributed by atoms with Crippen LogP contribution in [0.3, 0.4) is 0 Å². The van der Waals surface area contributed by atoms with Crippen LogP contribution in [0.25, 0.3) is 10.9 Å². The quantitative estimate of drug-likeness (QED) is 0.698. The SMILES string of the molecule is COc1cccc2c1ccn2P(=O)(C(C)(C)C)C(C)(C)C. The molecule has 2 aromatic rings. The van der Waals surface area contributed by atoms with Crippen molar-refractivity contribution in [2.45, 2.75) is 51.9 Å². The van der Waals surface area contributed by atoms with Gasteiger partial charge in [0.25, 0.3) is 0 Å². The third kappa shape index (κ3) is 2.32. The number of ether oxygens (including phenoxy) is 1. The third-order valence-corrected chi connectivity index (χ3v) is 8.61. The zero-order valence-electron chi connectivity index (χ0n) is 14.1. The van der Waals surface area contributed by atoms with Crippen LogP contribution in [0.15, 0.2) is 30.5 Å². The fraction of sp³-hybridized carbons (Fsp3) is 0.529. The summed E-state index contributed by atoms with van der Waals surface area (Å²) in [7, 11) is -1.04. The molecule has 116 valence electrons. The van der Waals surface area contributed by atoms with E-state index in [1.165, 1.54) is 0 Å². The van der Waals surface area contributed by atoms with Crippen molar-refractivity contribution in [2.75, 3.05) is 7.11 Å². The van der Waals surface area contributed by atoms with E-state index in [0.29, 0.717) is 0 Å². The minimum atomic E-state index is -2.71. The highest BCUT2D eigenvalue weighted by molar-refractivity contribution is 7.65. The van der Waals surface area contributed by atoms with E-state index in [4.69, 9.17) is 4.74 Å². The first-order valence-electron chi connectivity index (χ1n) is 7.29. The second-order valence-corrected chi connectivity index (χ2v) is 11.7. The average molecular weight is 307 g/mol. The van der Waals surface area contributed by atoms with Crippen molar-refractivity contribution in [1.82, 2.24) is 4.34 Å². The Morgan fingerprint density at radius 2 is 1.57 bits per heavy atom. The summed E-state index contributed by atoms with van der Waals surface area (Å²) in [5.74, 6) is 0.820. The molecule has 0 unspecified atom stereocenters. The number of aromatic nitrogens is 1. The van der Waals surface area contributed by atoms with Crippen LogP contribution < -0.4 is 4.74 Å². The van der Waals surface area contributed by atoms with Gasteiger partial charge in [0.1, 0.15) is 5.75 Å². The molecule has 0 bridgehead atoms. The molecule has 1 aromatic carbocycles. The van der Waals surface area contributed by atoms with E-state index in [1.807, 2.05) is 34.8 Å². The highest BCUT2D eigenvalue weighted by atomic mass is 31.2. The average Bonchev–Trinajstić information content (AvgIpc) is 2.78. The van der Waals surface area contributed by atoms with Crippen molar-refractivity contribution < 1.29 is 9.30 Å². The summed E-state index contributed by atoms with van der Waals surface area (Å²) in [5.41, 5.74) is 0.975. The van der Waals surface area contributed by atoms with Crippen molar-refractivity contribution in [1.29, 1.82) is 0 Å². The van der Waals surface area contributed by atoms with Crippen LogP contribution in [-0.4, -0.2) is 21.8 Å². The predicted octanol–water partition coefficient (Wildman–Crippen LogP) is 5.37. The minimum absolute atomic E-state index is 0.319. The van der Waals surface area contributed by atoms with Gasteiger partial charge in [-0.2, -0.15) is 0 Å². The Hall–Kier alpha value is -1.21. The van der Waals surface area contributed by atoms with Crippen molar-refractivity contribution in [3.8, 4) is 5.75 Å². The van der Waals surface area contributed by atoms with E-state index in [9.17, 15) is 4.57 Å². The molecular formula is C17H26NO2P. The Bertz CT molecular complexity index is 684. The van der Waals surface area contributed by atoms with E-state index < -0.39 is 7.29 Å². The molecule has 1 aromatic heterocycles. The summed E-state index contributed by atoms with van der Waals surface area (Å²) in [5, 5.41) is 0.370. The second-order valence-electron chi connectivity index (χ2n) is 7.47. The lowest BCUT2D eigenvalue weighted by atomic mass is 10.2. The van der Waals surface area contributed by atoms with Gasteiger partial charge in [0.15, 0.2) is 7.29 Å². The number of methoxy groups -OCH3 is 1. The van der Waals surface area contributed by atoms with Gasteiger partial charge in [0.05, 0.1) is 12.6 Å². The van der Waals surface area contributed by atoms with E-state index in [1.54, 1.807) is 7.11 Å². The number of nitrogens with zero attached hydrogens (tertiary/aromatic N) is 1. The molecule has 4 heteroatoms.